The predicted octanol–water partition coefficient (Wildman–Crippen LogP) is 4.98. The number of esters is 1. The van der Waals surface area contributed by atoms with Crippen LogP contribution in [0, 0.1) is 0 Å². The number of unbranched alkanes of at least 4 members (excludes halogenated alkanes) is 3. The Bertz CT molecular complexity index is 739. The minimum Gasteiger partial charge on any atom is -0.494 e. The van der Waals surface area contributed by atoms with Crippen molar-refractivity contribution in [1.82, 2.24) is 0 Å². The first-order chi connectivity index (χ1) is 13.9. The zero-order valence-electron chi connectivity index (χ0n) is 16.2. The fourth-order valence-electron chi connectivity index (χ4n) is 2.14. The number of carbonyl (C=O) groups excluding carboxylic acids is 1. The number of benzene rings is 2. The molecule has 0 bridgehead atoms. The largest absolute Gasteiger partial charge is 0.494 e. The van der Waals surface area contributed by atoms with Gasteiger partial charge in [0.05, 0.1) is 18.8 Å². The smallest absolute Gasteiger partial charge is 0.335 e. The van der Waals surface area contributed by atoms with E-state index >= 15 is 0 Å². The topological polar surface area (TPSA) is 98.8 Å². The van der Waals surface area contributed by atoms with Crippen LogP contribution < -0.4 is 10.5 Å². The molecule has 6 nitrogen and oxygen atoms in total. The molecule has 2 rings (SSSR count). The Morgan fingerprint density at radius 3 is 2.07 bits per heavy atom. The summed E-state index contributed by atoms with van der Waals surface area (Å²) in [6, 6.07) is 13.4. The van der Waals surface area contributed by atoms with Crippen LogP contribution in [0.1, 0.15) is 36.0 Å². The average Bonchev–Trinajstić information content (AvgIpc) is 2.72. The van der Waals surface area contributed by atoms with Crippen molar-refractivity contribution in [3.05, 3.63) is 71.8 Å². The SMILES string of the molecule is C=CC(=O)OCCCCCCOc1ccc(C(=O)O)cc1.Nc1ccc(Cl)cc1. The molecule has 0 saturated carbocycles. The maximum atomic E-state index is 10.8. The standard InChI is InChI=1S/C16H20O5.C6H6ClN/c1-2-15(17)21-12-6-4-3-5-11-20-14-9-7-13(8-10-14)16(18)19;7-5-1-3-6(8)4-2-5/h2,7-10H,1,3-6,11-12H2,(H,18,19);1-4H,8H2. The van der Waals surface area contributed by atoms with E-state index in [-0.39, 0.29) is 11.5 Å². The number of rotatable bonds is 10. The van der Waals surface area contributed by atoms with Gasteiger partial charge in [-0.3, -0.25) is 0 Å². The summed E-state index contributed by atoms with van der Waals surface area (Å²) < 4.78 is 10.4. The van der Waals surface area contributed by atoms with Gasteiger partial charge in [-0.15, -0.1) is 0 Å². The number of anilines is 1. The van der Waals surface area contributed by atoms with Gasteiger partial charge >= 0.3 is 11.9 Å². The van der Waals surface area contributed by atoms with E-state index in [2.05, 4.69) is 6.58 Å². The van der Waals surface area contributed by atoms with Crippen LogP contribution in [0.5, 0.6) is 5.75 Å². The van der Waals surface area contributed by atoms with Crippen molar-refractivity contribution in [1.29, 1.82) is 0 Å². The van der Waals surface area contributed by atoms with E-state index < -0.39 is 5.97 Å². The predicted molar refractivity (Wildman–Crippen MR) is 114 cm³/mol. The van der Waals surface area contributed by atoms with Crippen molar-refractivity contribution in [2.75, 3.05) is 18.9 Å². The average molecular weight is 420 g/mol. The van der Waals surface area contributed by atoms with Gasteiger partial charge in [0.25, 0.3) is 0 Å². The number of carboxylic acids is 1. The number of hydrogen-bond acceptors (Lipinski definition) is 5. The van der Waals surface area contributed by atoms with Gasteiger partial charge in [-0.2, -0.15) is 0 Å². The molecule has 0 radical (unpaired) electrons. The second-order valence-corrected chi connectivity index (χ2v) is 6.45. The first-order valence-electron chi connectivity index (χ1n) is 9.18. The van der Waals surface area contributed by atoms with E-state index in [1.54, 1.807) is 36.4 Å². The monoisotopic (exact) mass is 419 g/mol. The second kappa shape index (κ2) is 14.1. The molecule has 29 heavy (non-hydrogen) atoms. The van der Waals surface area contributed by atoms with Crippen LogP contribution in [0.3, 0.4) is 0 Å². The third-order valence-electron chi connectivity index (χ3n) is 3.69. The third-order valence-corrected chi connectivity index (χ3v) is 3.94. The Kier molecular flexibility index (Phi) is 11.7. The van der Waals surface area contributed by atoms with Crippen LogP contribution >= 0.6 is 11.6 Å². The van der Waals surface area contributed by atoms with Crippen molar-refractivity contribution >= 4 is 29.2 Å². The number of carbonyl (C=O) groups is 2. The Morgan fingerprint density at radius 1 is 0.966 bits per heavy atom. The van der Waals surface area contributed by atoms with Gasteiger partial charge < -0.3 is 20.3 Å². The molecule has 7 heteroatoms. The number of ether oxygens (including phenoxy) is 2. The zero-order valence-corrected chi connectivity index (χ0v) is 16.9. The van der Waals surface area contributed by atoms with Crippen LogP contribution in [0.15, 0.2) is 61.2 Å². The maximum Gasteiger partial charge on any atom is 0.335 e. The van der Waals surface area contributed by atoms with Gasteiger partial charge in [0, 0.05) is 16.8 Å². The van der Waals surface area contributed by atoms with Crippen LogP contribution in [-0.4, -0.2) is 30.3 Å². The number of carboxylic acid groups (broad SMARTS) is 1. The lowest BCUT2D eigenvalue weighted by Crippen LogP contribution is -2.02. The number of aromatic carboxylic acids is 1. The first kappa shape index (κ1) is 24.0. The van der Waals surface area contributed by atoms with Gasteiger partial charge in [0.1, 0.15) is 5.75 Å². The van der Waals surface area contributed by atoms with Crippen LogP contribution in [-0.2, 0) is 9.53 Å². The van der Waals surface area contributed by atoms with E-state index in [0.29, 0.717) is 19.0 Å². The number of hydrogen-bond donors (Lipinski definition) is 2. The summed E-state index contributed by atoms with van der Waals surface area (Å²) in [6.45, 7) is 4.32. The molecule has 0 amide bonds. The molecule has 0 fully saturated rings. The van der Waals surface area contributed by atoms with Gasteiger partial charge in [-0.1, -0.05) is 18.2 Å². The van der Waals surface area contributed by atoms with Crippen molar-refractivity contribution in [3.63, 3.8) is 0 Å². The molecule has 0 spiro atoms. The van der Waals surface area contributed by atoms with Crippen molar-refractivity contribution in [2.24, 2.45) is 0 Å². The summed E-state index contributed by atoms with van der Waals surface area (Å²) in [5.41, 5.74) is 6.36. The van der Waals surface area contributed by atoms with E-state index in [1.807, 2.05) is 0 Å². The summed E-state index contributed by atoms with van der Waals surface area (Å²) in [4.78, 5) is 21.5. The lowest BCUT2D eigenvalue weighted by molar-refractivity contribution is -0.137. The fraction of sp³-hybridized carbons (Fsp3) is 0.273. The highest BCUT2D eigenvalue weighted by Gasteiger charge is 2.02. The van der Waals surface area contributed by atoms with Crippen LogP contribution in [0.2, 0.25) is 5.02 Å². The number of nitrogens with two attached hydrogens (primary N) is 1. The molecule has 0 atom stereocenters. The van der Waals surface area contributed by atoms with Crippen molar-refractivity contribution < 1.29 is 24.2 Å². The molecule has 0 saturated heterocycles. The second-order valence-electron chi connectivity index (χ2n) is 6.02. The van der Waals surface area contributed by atoms with Crippen molar-refractivity contribution in [3.8, 4) is 5.75 Å². The van der Waals surface area contributed by atoms with Gasteiger partial charge in [-0.05, 0) is 74.2 Å². The molecule has 2 aromatic carbocycles. The lowest BCUT2D eigenvalue weighted by atomic mass is 10.2. The van der Waals surface area contributed by atoms with E-state index in [0.717, 1.165) is 42.5 Å². The Hall–Kier alpha value is -2.99. The molecule has 0 aromatic heterocycles. The van der Waals surface area contributed by atoms with Gasteiger partial charge in [0.2, 0.25) is 0 Å². The Balaban J connectivity index is 0.000000436. The summed E-state index contributed by atoms with van der Waals surface area (Å²) in [6.07, 6.45) is 4.83. The summed E-state index contributed by atoms with van der Waals surface area (Å²) >= 11 is 5.56. The molecule has 0 aliphatic carbocycles. The number of nitrogen functional groups attached to an aromatic ring is 1. The first-order valence-corrected chi connectivity index (χ1v) is 9.56. The molecular weight excluding hydrogens is 394 g/mol. The molecule has 0 aliphatic rings. The zero-order chi connectivity index (χ0) is 21.5. The Morgan fingerprint density at radius 2 is 1.55 bits per heavy atom. The van der Waals surface area contributed by atoms with Gasteiger partial charge in [0.15, 0.2) is 0 Å². The summed E-state index contributed by atoms with van der Waals surface area (Å²) in [5, 5.41) is 9.49. The molecule has 3 N–H and O–H groups in total. The fourth-order valence-corrected chi connectivity index (χ4v) is 2.26. The lowest BCUT2D eigenvalue weighted by Gasteiger charge is -2.06. The van der Waals surface area contributed by atoms with Gasteiger partial charge in [-0.25, -0.2) is 9.59 Å². The molecule has 156 valence electrons. The van der Waals surface area contributed by atoms with E-state index in [1.165, 1.54) is 12.1 Å². The summed E-state index contributed by atoms with van der Waals surface area (Å²) in [7, 11) is 0. The summed E-state index contributed by atoms with van der Waals surface area (Å²) in [5.74, 6) is -0.665. The molecule has 0 unspecified atom stereocenters. The highest BCUT2D eigenvalue weighted by Crippen LogP contribution is 2.13. The highest BCUT2D eigenvalue weighted by molar-refractivity contribution is 6.30. The normalized spacial score (nSPS) is 9.69. The van der Waals surface area contributed by atoms with E-state index in [4.69, 9.17) is 31.9 Å². The third kappa shape index (κ3) is 11.4. The maximum absolute atomic E-state index is 10.8. The van der Waals surface area contributed by atoms with E-state index in [9.17, 15) is 9.59 Å². The van der Waals surface area contributed by atoms with Crippen LogP contribution in [0.4, 0.5) is 5.69 Å². The Labute approximate surface area is 175 Å². The van der Waals surface area contributed by atoms with Crippen molar-refractivity contribution in [2.45, 2.75) is 25.7 Å². The number of halogens is 1. The van der Waals surface area contributed by atoms with Crippen LogP contribution in [0.25, 0.3) is 0 Å². The quantitative estimate of drug-likeness (QED) is 0.244. The highest BCUT2D eigenvalue weighted by atomic mass is 35.5. The molecule has 2 aromatic rings. The molecule has 0 aliphatic heterocycles. The molecule has 0 heterocycles. The minimum absolute atomic E-state index is 0.247. The minimum atomic E-state index is -0.946. The molecular formula is C22H26ClNO5.